The Morgan fingerprint density at radius 2 is 1.79 bits per heavy atom. The SMILES string of the molecule is O=C(NCCc1ccc(CN2CCCC2)cc1)c1ccc(OCC2CC2)cc1F. The van der Waals surface area contributed by atoms with E-state index in [9.17, 15) is 9.18 Å². The summed E-state index contributed by atoms with van der Waals surface area (Å²) in [7, 11) is 0. The lowest BCUT2D eigenvalue weighted by Crippen LogP contribution is -2.26. The van der Waals surface area contributed by atoms with Crippen molar-refractivity contribution in [1.29, 1.82) is 0 Å². The van der Waals surface area contributed by atoms with Crippen LogP contribution in [0.4, 0.5) is 4.39 Å². The first-order valence-corrected chi connectivity index (χ1v) is 10.7. The van der Waals surface area contributed by atoms with Crippen molar-refractivity contribution in [2.24, 2.45) is 5.92 Å². The predicted octanol–water partition coefficient (Wildman–Crippen LogP) is 4.18. The number of benzene rings is 2. The monoisotopic (exact) mass is 396 g/mol. The van der Waals surface area contributed by atoms with E-state index in [0.717, 1.165) is 13.0 Å². The van der Waals surface area contributed by atoms with Crippen LogP contribution in [0.2, 0.25) is 0 Å². The van der Waals surface area contributed by atoms with E-state index in [-0.39, 0.29) is 11.5 Å². The molecule has 1 aliphatic heterocycles. The second kappa shape index (κ2) is 9.40. The van der Waals surface area contributed by atoms with Crippen LogP contribution >= 0.6 is 0 Å². The molecule has 0 bridgehead atoms. The Labute approximate surface area is 172 Å². The van der Waals surface area contributed by atoms with Crippen molar-refractivity contribution in [3.8, 4) is 5.75 Å². The summed E-state index contributed by atoms with van der Waals surface area (Å²) in [6, 6.07) is 13.0. The van der Waals surface area contributed by atoms with Crippen LogP contribution < -0.4 is 10.1 Å². The highest BCUT2D eigenvalue weighted by molar-refractivity contribution is 5.94. The molecule has 1 saturated heterocycles. The predicted molar refractivity (Wildman–Crippen MR) is 112 cm³/mol. The van der Waals surface area contributed by atoms with E-state index in [1.807, 2.05) is 0 Å². The van der Waals surface area contributed by atoms with Gasteiger partial charge in [0, 0.05) is 19.2 Å². The van der Waals surface area contributed by atoms with Crippen LogP contribution in [0, 0.1) is 11.7 Å². The fourth-order valence-electron chi connectivity index (χ4n) is 3.69. The number of hydrogen-bond donors (Lipinski definition) is 1. The molecule has 29 heavy (non-hydrogen) atoms. The lowest BCUT2D eigenvalue weighted by atomic mass is 10.1. The van der Waals surface area contributed by atoms with Crippen molar-refractivity contribution >= 4 is 5.91 Å². The van der Waals surface area contributed by atoms with E-state index in [1.54, 1.807) is 6.07 Å². The summed E-state index contributed by atoms with van der Waals surface area (Å²) < 4.78 is 19.8. The van der Waals surface area contributed by atoms with Crippen molar-refractivity contribution in [2.45, 2.75) is 38.6 Å². The third-order valence-electron chi connectivity index (χ3n) is 5.69. The number of halogens is 1. The Balaban J connectivity index is 1.22. The molecular weight excluding hydrogens is 367 g/mol. The van der Waals surface area contributed by atoms with E-state index in [4.69, 9.17) is 4.74 Å². The van der Waals surface area contributed by atoms with Crippen LogP contribution in [0.15, 0.2) is 42.5 Å². The van der Waals surface area contributed by atoms with Gasteiger partial charge in [0.15, 0.2) is 0 Å². The topological polar surface area (TPSA) is 41.6 Å². The highest BCUT2D eigenvalue weighted by atomic mass is 19.1. The molecule has 0 atom stereocenters. The largest absolute Gasteiger partial charge is 0.493 e. The van der Waals surface area contributed by atoms with Crippen molar-refractivity contribution in [3.05, 3.63) is 65.0 Å². The Hall–Kier alpha value is -2.40. The highest BCUT2D eigenvalue weighted by Crippen LogP contribution is 2.29. The summed E-state index contributed by atoms with van der Waals surface area (Å²) in [4.78, 5) is 14.8. The van der Waals surface area contributed by atoms with E-state index >= 15 is 0 Å². The number of nitrogens with zero attached hydrogens (tertiary/aromatic N) is 1. The summed E-state index contributed by atoms with van der Waals surface area (Å²) in [5.41, 5.74) is 2.55. The molecular formula is C24H29FN2O2. The molecule has 0 radical (unpaired) electrons. The number of hydrogen-bond acceptors (Lipinski definition) is 3. The van der Waals surface area contributed by atoms with Crippen LogP contribution in [0.25, 0.3) is 0 Å². The summed E-state index contributed by atoms with van der Waals surface area (Å²) in [5.74, 6) is 0.166. The van der Waals surface area contributed by atoms with E-state index < -0.39 is 5.82 Å². The minimum atomic E-state index is -0.540. The minimum Gasteiger partial charge on any atom is -0.493 e. The van der Waals surface area contributed by atoms with Crippen molar-refractivity contribution in [1.82, 2.24) is 10.2 Å². The average Bonchev–Trinajstić information content (AvgIpc) is 3.42. The van der Waals surface area contributed by atoms with Crippen molar-refractivity contribution in [2.75, 3.05) is 26.2 Å². The van der Waals surface area contributed by atoms with Crippen LogP contribution in [-0.4, -0.2) is 37.0 Å². The molecule has 4 rings (SSSR count). The maximum atomic E-state index is 14.3. The third kappa shape index (κ3) is 5.80. The van der Waals surface area contributed by atoms with Gasteiger partial charge in [0.2, 0.25) is 0 Å². The fourth-order valence-corrected chi connectivity index (χ4v) is 3.69. The Kier molecular flexibility index (Phi) is 6.45. The zero-order valence-electron chi connectivity index (χ0n) is 16.8. The summed E-state index contributed by atoms with van der Waals surface area (Å²) in [6.45, 7) is 4.50. The number of ether oxygens (including phenoxy) is 1. The van der Waals surface area contributed by atoms with E-state index in [1.165, 1.54) is 62.0 Å². The number of rotatable bonds is 9. The van der Waals surface area contributed by atoms with Crippen LogP contribution in [0.1, 0.15) is 47.2 Å². The summed E-state index contributed by atoms with van der Waals surface area (Å²) >= 11 is 0. The number of amides is 1. The molecule has 2 aromatic rings. The first kappa shape index (κ1) is 19.9. The maximum Gasteiger partial charge on any atom is 0.254 e. The van der Waals surface area contributed by atoms with Gasteiger partial charge in [0.1, 0.15) is 11.6 Å². The quantitative estimate of drug-likeness (QED) is 0.691. The minimum absolute atomic E-state index is 0.0599. The highest BCUT2D eigenvalue weighted by Gasteiger charge is 2.22. The number of carbonyl (C=O) groups excluding carboxylic acids is 1. The lowest BCUT2D eigenvalue weighted by Gasteiger charge is -2.14. The van der Waals surface area contributed by atoms with Gasteiger partial charge in [0.25, 0.3) is 5.91 Å². The lowest BCUT2D eigenvalue weighted by molar-refractivity contribution is 0.0950. The standard InChI is InChI=1S/C24H29FN2O2/c25-23-15-21(29-17-20-7-8-20)9-10-22(23)24(28)26-12-11-18-3-5-19(6-4-18)16-27-13-1-2-14-27/h3-6,9-10,15,20H,1-2,7-8,11-14,16-17H2,(H,26,28). The van der Waals surface area contributed by atoms with Crippen molar-refractivity contribution < 1.29 is 13.9 Å². The molecule has 1 saturated carbocycles. The van der Waals surface area contributed by atoms with Crippen LogP contribution in [0.5, 0.6) is 5.75 Å². The molecule has 2 aliphatic rings. The molecule has 154 valence electrons. The molecule has 2 fully saturated rings. The van der Waals surface area contributed by atoms with Gasteiger partial charge in [-0.2, -0.15) is 0 Å². The molecule has 5 heteroatoms. The van der Waals surface area contributed by atoms with Crippen molar-refractivity contribution in [3.63, 3.8) is 0 Å². The Morgan fingerprint density at radius 1 is 1.07 bits per heavy atom. The molecule has 1 amide bonds. The zero-order chi connectivity index (χ0) is 20.1. The molecule has 2 aromatic carbocycles. The van der Waals surface area contributed by atoms with Gasteiger partial charge >= 0.3 is 0 Å². The van der Waals surface area contributed by atoms with Gasteiger partial charge in [-0.15, -0.1) is 0 Å². The van der Waals surface area contributed by atoms with Gasteiger partial charge in [-0.3, -0.25) is 9.69 Å². The third-order valence-corrected chi connectivity index (χ3v) is 5.69. The fraction of sp³-hybridized carbons (Fsp3) is 0.458. The van der Waals surface area contributed by atoms with Crippen LogP contribution in [-0.2, 0) is 13.0 Å². The molecule has 1 aliphatic carbocycles. The average molecular weight is 397 g/mol. The van der Waals surface area contributed by atoms with Gasteiger partial charge in [0.05, 0.1) is 12.2 Å². The maximum absolute atomic E-state index is 14.3. The molecule has 1 N–H and O–H groups in total. The van der Waals surface area contributed by atoms with Gasteiger partial charge < -0.3 is 10.1 Å². The van der Waals surface area contributed by atoms with E-state index in [0.29, 0.717) is 24.8 Å². The van der Waals surface area contributed by atoms with Gasteiger partial charge in [-0.05, 0) is 74.4 Å². The first-order chi connectivity index (χ1) is 14.2. The second-order valence-electron chi connectivity index (χ2n) is 8.20. The molecule has 0 spiro atoms. The summed E-state index contributed by atoms with van der Waals surface area (Å²) in [6.07, 6.45) is 5.69. The molecule has 0 aromatic heterocycles. The Morgan fingerprint density at radius 3 is 2.48 bits per heavy atom. The van der Waals surface area contributed by atoms with Gasteiger partial charge in [-0.1, -0.05) is 24.3 Å². The Bertz CT molecular complexity index is 827. The normalized spacial score (nSPS) is 16.7. The van der Waals surface area contributed by atoms with Crippen LogP contribution in [0.3, 0.4) is 0 Å². The molecule has 0 unspecified atom stereocenters. The number of nitrogens with one attached hydrogen (secondary N) is 1. The first-order valence-electron chi connectivity index (χ1n) is 10.7. The number of carbonyl (C=O) groups is 1. The zero-order valence-corrected chi connectivity index (χ0v) is 16.8. The second-order valence-corrected chi connectivity index (χ2v) is 8.20. The smallest absolute Gasteiger partial charge is 0.254 e. The van der Waals surface area contributed by atoms with E-state index in [2.05, 4.69) is 34.5 Å². The summed E-state index contributed by atoms with van der Waals surface area (Å²) in [5, 5.41) is 2.81. The van der Waals surface area contributed by atoms with Gasteiger partial charge in [-0.25, -0.2) is 4.39 Å². The molecule has 1 heterocycles. The number of likely N-dealkylation sites (tertiary alicyclic amines) is 1. The molecule has 4 nitrogen and oxygen atoms in total.